The van der Waals surface area contributed by atoms with Crippen LogP contribution in [0.4, 0.5) is 13.2 Å². The third kappa shape index (κ3) is 4.71. The molecule has 0 unspecified atom stereocenters. The summed E-state index contributed by atoms with van der Waals surface area (Å²) >= 11 is 6.11. The summed E-state index contributed by atoms with van der Waals surface area (Å²) in [6.07, 6.45) is -1.62. The smallest absolute Gasteiger partial charge is 0.267 e. The van der Waals surface area contributed by atoms with E-state index in [9.17, 15) is 22.8 Å². The van der Waals surface area contributed by atoms with Gasteiger partial charge in [-0.3, -0.25) is 4.79 Å². The van der Waals surface area contributed by atoms with Crippen LogP contribution in [-0.2, 0) is 19.3 Å². The van der Waals surface area contributed by atoms with Crippen molar-refractivity contribution in [1.82, 2.24) is 33.9 Å². The van der Waals surface area contributed by atoms with Crippen molar-refractivity contribution in [2.45, 2.75) is 40.0 Å². The fourth-order valence-electron chi connectivity index (χ4n) is 4.32. The first-order valence-electron chi connectivity index (χ1n) is 11.8. The molecule has 0 saturated carbocycles. The van der Waals surface area contributed by atoms with Crippen LogP contribution in [-0.4, -0.2) is 33.9 Å². The van der Waals surface area contributed by atoms with Crippen LogP contribution >= 0.6 is 11.6 Å². The lowest BCUT2D eigenvalue weighted by atomic mass is 9.98. The third-order valence-electron chi connectivity index (χ3n) is 6.29. The number of fused-ring (bicyclic) bond motifs is 1. The number of nitrogens with zero attached hydrogens (tertiary/aromatic N) is 7. The van der Waals surface area contributed by atoms with Gasteiger partial charge in [0.15, 0.2) is 5.65 Å². The van der Waals surface area contributed by atoms with Gasteiger partial charge in [0.05, 0.1) is 12.1 Å². The summed E-state index contributed by atoms with van der Waals surface area (Å²) in [5, 5.41) is 4.99. The number of aromatic nitrogens is 7. The predicted octanol–water partition coefficient (Wildman–Crippen LogP) is 4.53. The van der Waals surface area contributed by atoms with Gasteiger partial charge in [-0.15, -0.1) is 5.10 Å². The molecule has 4 aromatic heterocycles. The van der Waals surface area contributed by atoms with E-state index < -0.39 is 23.1 Å². The Morgan fingerprint density at radius 3 is 2.18 bits per heavy atom. The van der Waals surface area contributed by atoms with Gasteiger partial charge < -0.3 is 0 Å². The summed E-state index contributed by atoms with van der Waals surface area (Å²) in [5.41, 5.74) is -0.138. The number of hydrogen-bond acceptors (Lipinski definition) is 6. The third-order valence-corrected chi connectivity index (χ3v) is 6.54. The quantitative estimate of drug-likeness (QED) is 0.316. The molecule has 1 aromatic carbocycles. The van der Waals surface area contributed by atoms with Crippen LogP contribution < -0.4 is 11.2 Å². The average molecular weight is 556 g/mol. The number of benzene rings is 1. The molecule has 0 amide bonds. The molecule has 0 radical (unpaired) electrons. The molecule has 4 heterocycles. The minimum Gasteiger partial charge on any atom is -0.267 e. The molecule has 5 aromatic rings. The van der Waals surface area contributed by atoms with Crippen molar-refractivity contribution in [2.75, 3.05) is 0 Å². The molecule has 9 nitrogen and oxygen atoms in total. The molecule has 0 N–H and O–H groups in total. The Balaban J connectivity index is 1.86. The van der Waals surface area contributed by atoms with Crippen molar-refractivity contribution in [3.05, 3.63) is 97.4 Å². The van der Waals surface area contributed by atoms with Gasteiger partial charge in [-0.05, 0) is 50.1 Å². The number of pyridine rings is 1. The van der Waals surface area contributed by atoms with Crippen LogP contribution in [0.1, 0.15) is 29.7 Å². The molecule has 5 rings (SSSR count). The van der Waals surface area contributed by atoms with Crippen molar-refractivity contribution >= 4 is 17.2 Å². The summed E-state index contributed by atoms with van der Waals surface area (Å²) in [7, 11) is 0. The predicted molar refractivity (Wildman–Crippen MR) is 139 cm³/mol. The Kier molecular flexibility index (Phi) is 6.59. The van der Waals surface area contributed by atoms with Crippen molar-refractivity contribution in [2.24, 2.45) is 0 Å². The highest BCUT2D eigenvalue weighted by molar-refractivity contribution is 6.30. The summed E-state index contributed by atoms with van der Waals surface area (Å²) < 4.78 is 43.1. The molecule has 0 spiro atoms. The van der Waals surface area contributed by atoms with Gasteiger partial charge in [0.1, 0.15) is 11.5 Å². The van der Waals surface area contributed by atoms with Crippen molar-refractivity contribution in [3.63, 3.8) is 0 Å². The lowest BCUT2D eigenvalue weighted by Crippen LogP contribution is -2.35. The van der Waals surface area contributed by atoms with E-state index in [1.807, 2.05) is 0 Å². The van der Waals surface area contributed by atoms with Crippen molar-refractivity contribution < 1.29 is 13.2 Å². The lowest BCUT2D eigenvalue weighted by molar-refractivity contribution is -0.141. The van der Waals surface area contributed by atoms with Crippen LogP contribution in [0.3, 0.4) is 0 Å². The Hall–Kier alpha value is -4.32. The fraction of sp³-hybridized carbons (Fsp3) is 0.231. The Morgan fingerprint density at radius 1 is 0.923 bits per heavy atom. The van der Waals surface area contributed by atoms with E-state index in [0.717, 1.165) is 15.3 Å². The molecule has 0 saturated heterocycles. The van der Waals surface area contributed by atoms with Gasteiger partial charge in [0.2, 0.25) is 0 Å². The monoisotopic (exact) mass is 555 g/mol. The summed E-state index contributed by atoms with van der Waals surface area (Å²) in [5.74, 6) is 0.492. The van der Waals surface area contributed by atoms with E-state index in [2.05, 4.69) is 20.1 Å². The van der Waals surface area contributed by atoms with E-state index >= 15 is 0 Å². The molecule has 13 heteroatoms. The average Bonchev–Trinajstić information content (AvgIpc) is 3.22. The molecule has 39 heavy (non-hydrogen) atoms. The first-order valence-corrected chi connectivity index (χ1v) is 12.2. The molecular weight excluding hydrogens is 535 g/mol. The van der Waals surface area contributed by atoms with E-state index in [0.29, 0.717) is 33.1 Å². The molecule has 0 bridgehead atoms. The molecule has 0 aliphatic carbocycles. The summed E-state index contributed by atoms with van der Waals surface area (Å²) in [6.45, 7) is 4.84. The van der Waals surface area contributed by atoms with Crippen molar-refractivity contribution in [1.29, 1.82) is 0 Å². The van der Waals surface area contributed by atoms with Gasteiger partial charge in [-0.2, -0.15) is 17.7 Å². The van der Waals surface area contributed by atoms with Gasteiger partial charge in [-0.25, -0.2) is 29.1 Å². The Bertz CT molecular complexity index is 1820. The van der Waals surface area contributed by atoms with Crippen molar-refractivity contribution in [3.8, 4) is 22.3 Å². The number of halogens is 4. The van der Waals surface area contributed by atoms with Crippen LogP contribution in [0, 0.1) is 13.8 Å². The van der Waals surface area contributed by atoms with E-state index in [1.54, 1.807) is 38.1 Å². The fourth-order valence-corrected chi connectivity index (χ4v) is 4.44. The molecular formula is C26H21ClF3N7O2. The second-order valence-corrected chi connectivity index (χ2v) is 9.25. The summed E-state index contributed by atoms with van der Waals surface area (Å²) in [6, 6.07) is 8.82. The van der Waals surface area contributed by atoms with E-state index in [4.69, 9.17) is 11.6 Å². The number of aryl methyl sites for hydroxylation is 3. The van der Waals surface area contributed by atoms with Crippen LogP contribution in [0.5, 0.6) is 0 Å². The number of alkyl halides is 3. The van der Waals surface area contributed by atoms with E-state index in [-0.39, 0.29) is 30.0 Å². The normalized spacial score (nSPS) is 11.9. The zero-order valence-corrected chi connectivity index (χ0v) is 21.7. The largest absolute Gasteiger partial charge is 0.433 e. The van der Waals surface area contributed by atoms with Gasteiger partial charge >= 0.3 is 11.9 Å². The standard InChI is InChI=1S/C26H21ClF3N7O2/c1-4-35-25(39)37-23(34-35)21(16-5-8-19(27)9-6-16)22(18-11-31-15(3)32-12-18)24(38)36(37)13-17-7-10-20(26(28,29)30)33-14(17)2/h5-12H,4,13H2,1-3H3. The zero-order chi connectivity index (χ0) is 28.1. The number of rotatable bonds is 5. The Morgan fingerprint density at radius 2 is 1.59 bits per heavy atom. The lowest BCUT2D eigenvalue weighted by Gasteiger charge is -2.17. The molecule has 0 aliphatic rings. The minimum atomic E-state index is -4.62. The first kappa shape index (κ1) is 26.3. The topological polar surface area (TPSA) is 100.0 Å². The van der Waals surface area contributed by atoms with Crippen LogP contribution in [0.15, 0.2) is 58.4 Å². The molecule has 200 valence electrons. The van der Waals surface area contributed by atoms with Gasteiger partial charge in [0.25, 0.3) is 5.56 Å². The van der Waals surface area contributed by atoms with Crippen LogP contribution in [0.25, 0.3) is 27.9 Å². The minimum absolute atomic E-state index is 0.0720. The van der Waals surface area contributed by atoms with Gasteiger partial charge in [0, 0.05) is 40.8 Å². The maximum Gasteiger partial charge on any atom is 0.433 e. The number of hydrogen-bond donors (Lipinski definition) is 0. The second-order valence-electron chi connectivity index (χ2n) is 8.81. The highest BCUT2D eigenvalue weighted by Crippen LogP contribution is 2.33. The highest BCUT2D eigenvalue weighted by atomic mass is 35.5. The van der Waals surface area contributed by atoms with Crippen LogP contribution in [0.2, 0.25) is 5.02 Å². The zero-order valence-electron chi connectivity index (χ0n) is 21.0. The maximum absolute atomic E-state index is 14.2. The SMILES string of the molecule is CCn1nc2c(-c3ccc(Cl)cc3)c(-c3cnc(C)nc3)c(=O)n(Cc3ccc(C(F)(F)F)nc3C)n2c1=O. The highest BCUT2D eigenvalue weighted by Gasteiger charge is 2.33. The molecule has 0 aliphatic heterocycles. The molecule has 0 atom stereocenters. The Labute approximate surface area is 224 Å². The first-order chi connectivity index (χ1) is 18.5. The molecule has 0 fully saturated rings. The van der Waals surface area contributed by atoms with E-state index in [1.165, 1.54) is 30.1 Å². The second kappa shape index (κ2) is 9.77. The summed E-state index contributed by atoms with van der Waals surface area (Å²) in [4.78, 5) is 39.8. The maximum atomic E-state index is 14.2. The van der Waals surface area contributed by atoms with Gasteiger partial charge in [-0.1, -0.05) is 29.8 Å².